The number of H-pyrrole nitrogens is 1. The van der Waals surface area contributed by atoms with E-state index in [1.807, 2.05) is 25.1 Å². The molecule has 0 saturated heterocycles. The van der Waals surface area contributed by atoms with Gasteiger partial charge in [0.1, 0.15) is 35.1 Å². The lowest BCUT2D eigenvalue weighted by atomic mass is 10.1. The van der Waals surface area contributed by atoms with Crippen molar-refractivity contribution < 1.29 is 14.5 Å². The Hall–Kier alpha value is -3.73. The second-order valence-corrected chi connectivity index (χ2v) is 5.63. The van der Waals surface area contributed by atoms with Crippen molar-refractivity contribution in [2.75, 3.05) is 25.0 Å². The van der Waals surface area contributed by atoms with Gasteiger partial charge < -0.3 is 10.1 Å². The summed E-state index contributed by atoms with van der Waals surface area (Å²) in [5.41, 5.74) is 1.62. The largest absolute Gasteiger partial charge is 0.494 e. The van der Waals surface area contributed by atoms with Crippen LogP contribution in [-0.2, 0) is 0 Å². The normalized spacial score (nSPS) is 10.2. The standard InChI is InChI=1S/C19H18N6O2/c1-2-27-15-3-4-16-13(10-15)9-14(11-20)18(25-16)23-7-8-24-19(26)17-12-21-5-6-22-17/h3-6,9-10,12H,2,7-8H2,1H3,(H,23,25)(H,24,26)/p+1. The highest BCUT2D eigenvalue weighted by Crippen LogP contribution is 2.21. The lowest BCUT2D eigenvalue weighted by molar-refractivity contribution is -0.327. The monoisotopic (exact) mass is 363 g/mol. The Bertz CT molecular complexity index is 985. The van der Waals surface area contributed by atoms with Crippen LogP contribution in [0.25, 0.3) is 10.9 Å². The lowest BCUT2D eigenvalue weighted by Crippen LogP contribution is -2.30. The molecule has 0 aliphatic carbocycles. The average molecular weight is 363 g/mol. The van der Waals surface area contributed by atoms with Crippen LogP contribution in [0.2, 0.25) is 0 Å². The maximum atomic E-state index is 11.9. The number of benzene rings is 1. The fraction of sp³-hybridized carbons (Fsp3) is 0.211. The molecular weight excluding hydrogens is 344 g/mol. The number of hydrogen-bond acceptors (Lipinski definition) is 6. The Morgan fingerprint density at radius 2 is 2.19 bits per heavy atom. The van der Waals surface area contributed by atoms with Crippen LogP contribution >= 0.6 is 0 Å². The molecule has 3 N–H and O–H groups in total. The van der Waals surface area contributed by atoms with Crippen LogP contribution in [0.3, 0.4) is 0 Å². The van der Waals surface area contributed by atoms with Gasteiger partial charge >= 0.3 is 0 Å². The van der Waals surface area contributed by atoms with Gasteiger partial charge in [-0.25, -0.2) is 9.97 Å². The highest BCUT2D eigenvalue weighted by atomic mass is 16.5. The minimum Gasteiger partial charge on any atom is -0.494 e. The molecule has 1 aromatic carbocycles. The van der Waals surface area contributed by atoms with E-state index in [9.17, 15) is 10.1 Å². The Labute approximate surface area is 156 Å². The van der Waals surface area contributed by atoms with Gasteiger partial charge in [0, 0.05) is 17.8 Å². The van der Waals surface area contributed by atoms with E-state index in [4.69, 9.17) is 4.74 Å². The summed E-state index contributed by atoms with van der Waals surface area (Å²) in [7, 11) is 0. The first-order valence-corrected chi connectivity index (χ1v) is 8.52. The molecule has 0 fully saturated rings. The summed E-state index contributed by atoms with van der Waals surface area (Å²) in [4.78, 5) is 22.9. The third-order valence-electron chi connectivity index (χ3n) is 3.79. The summed E-state index contributed by atoms with van der Waals surface area (Å²) in [5, 5.41) is 16.2. The molecule has 0 aliphatic rings. The van der Waals surface area contributed by atoms with Crippen molar-refractivity contribution in [2.45, 2.75) is 6.92 Å². The molecule has 0 unspecified atom stereocenters. The minimum absolute atomic E-state index is 0.262. The first kappa shape index (κ1) is 18.1. The number of fused-ring (bicyclic) bond motifs is 1. The number of amides is 1. The van der Waals surface area contributed by atoms with Gasteiger partial charge in [-0.2, -0.15) is 5.26 Å². The molecule has 0 radical (unpaired) electrons. The summed E-state index contributed by atoms with van der Waals surface area (Å²) in [6.07, 6.45) is 4.38. The topological polar surface area (TPSA) is 114 Å². The molecule has 0 atom stereocenters. The number of pyridine rings is 1. The number of ether oxygens (including phenoxy) is 1. The van der Waals surface area contributed by atoms with E-state index in [2.05, 4.69) is 31.7 Å². The van der Waals surface area contributed by atoms with E-state index < -0.39 is 0 Å². The molecule has 3 aromatic rings. The molecular formula is C19H19N6O2+. The second kappa shape index (κ2) is 8.58. The molecule has 2 heterocycles. The summed E-state index contributed by atoms with van der Waals surface area (Å²) in [6, 6.07) is 9.64. The molecule has 136 valence electrons. The van der Waals surface area contributed by atoms with Crippen molar-refractivity contribution in [3.8, 4) is 11.8 Å². The number of nitrogens with one attached hydrogen (secondary N) is 3. The Morgan fingerprint density at radius 1 is 1.30 bits per heavy atom. The minimum atomic E-state index is -0.295. The first-order chi connectivity index (χ1) is 13.2. The van der Waals surface area contributed by atoms with Gasteiger partial charge in [0.2, 0.25) is 0 Å². The predicted octanol–water partition coefficient (Wildman–Crippen LogP) is 1.56. The van der Waals surface area contributed by atoms with E-state index in [0.717, 1.165) is 16.7 Å². The van der Waals surface area contributed by atoms with Gasteiger partial charge in [-0.1, -0.05) is 0 Å². The van der Waals surface area contributed by atoms with Crippen LogP contribution in [0.15, 0.2) is 42.9 Å². The smallest absolute Gasteiger partial charge is 0.290 e. The van der Waals surface area contributed by atoms with Gasteiger partial charge in [0.05, 0.1) is 19.3 Å². The molecule has 0 saturated carbocycles. The molecule has 1 amide bonds. The van der Waals surface area contributed by atoms with Crippen LogP contribution in [0.1, 0.15) is 23.0 Å². The van der Waals surface area contributed by atoms with Gasteiger partial charge in [-0.3, -0.25) is 15.1 Å². The van der Waals surface area contributed by atoms with Crippen molar-refractivity contribution in [3.63, 3.8) is 0 Å². The van der Waals surface area contributed by atoms with Gasteiger partial charge in [-0.05, 0) is 31.2 Å². The molecule has 2 aromatic heterocycles. The fourth-order valence-electron chi connectivity index (χ4n) is 2.56. The predicted molar refractivity (Wildman–Crippen MR) is 99.2 cm³/mol. The van der Waals surface area contributed by atoms with Crippen LogP contribution in [0.5, 0.6) is 5.75 Å². The molecule has 27 heavy (non-hydrogen) atoms. The SMILES string of the molecule is CCOc1ccc2[nH+]c(NCCNC(=O)c3cnccn3)c(C#N)cc2c1. The maximum Gasteiger partial charge on any atom is 0.290 e. The number of nitriles is 1. The summed E-state index contributed by atoms with van der Waals surface area (Å²) in [6.45, 7) is 3.32. The van der Waals surface area contributed by atoms with Crippen LogP contribution in [-0.4, -0.2) is 35.6 Å². The van der Waals surface area contributed by atoms with Crippen molar-refractivity contribution in [3.05, 3.63) is 54.1 Å². The first-order valence-electron chi connectivity index (χ1n) is 8.52. The summed E-state index contributed by atoms with van der Waals surface area (Å²) in [5.74, 6) is 1.06. The number of carbonyl (C=O) groups is 1. The molecule has 3 rings (SSSR count). The van der Waals surface area contributed by atoms with Crippen molar-refractivity contribution in [2.24, 2.45) is 0 Å². The molecule has 0 aliphatic heterocycles. The van der Waals surface area contributed by atoms with Crippen LogP contribution in [0.4, 0.5) is 5.82 Å². The van der Waals surface area contributed by atoms with E-state index in [0.29, 0.717) is 31.1 Å². The summed E-state index contributed by atoms with van der Waals surface area (Å²) < 4.78 is 5.49. The highest BCUT2D eigenvalue weighted by Gasteiger charge is 2.13. The maximum absolute atomic E-state index is 11.9. The number of hydrogen-bond donors (Lipinski definition) is 2. The second-order valence-electron chi connectivity index (χ2n) is 5.63. The molecule has 8 nitrogen and oxygen atoms in total. The van der Waals surface area contributed by atoms with Gasteiger partial charge in [0.25, 0.3) is 11.7 Å². The van der Waals surface area contributed by atoms with Crippen LogP contribution < -0.4 is 20.4 Å². The molecule has 0 bridgehead atoms. The van der Waals surface area contributed by atoms with Gasteiger partial charge in [-0.15, -0.1) is 0 Å². The number of rotatable bonds is 7. The molecule has 0 spiro atoms. The third kappa shape index (κ3) is 4.46. The van der Waals surface area contributed by atoms with Crippen molar-refractivity contribution >= 4 is 22.6 Å². The Balaban J connectivity index is 1.65. The average Bonchev–Trinajstić information content (AvgIpc) is 2.71. The third-order valence-corrected chi connectivity index (χ3v) is 3.79. The highest BCUT2D eigenvalue weighted by molar-refractivity contribution is 5.91. The number of carbonyl (C=O) groups excluding carboxylic acids is 1. The number of anilines is 1. The zero-order chi connectivity index (χ0) is 19.1. The van der Waals surface area contributed by atoms with E-state index in [1.165, 1.54) is 18.6 Å². The number of aromatic nitrogens is 3. The number of aromatic amines is 1. The van der Waals surface area contributed by atoms with Gasteiger partial charge in [0.15, 0.2) is 0 Å². The zero-order valence-electron chi connectivity index (χ0n) is 14.8. The fourth-order valence-corrected chi connectivity index (χ4v) is 2.56. The van der Waals surface area contributed by atoms with E-state index >= 15 is 0 Å². The van der Waals surface area contributed by atoms with E-state index in [1.54, 1.807) is 6.07 Å². The zero-order valence-corrected chi connectivity index (χ0v) is 14.8. The van der Waals surface area contributed by atoms with E-state index in [-0.39, 0.29) is 11.6 Å². The number of nitrogens with zero attached hydrogens (tertiary/aromatic N) is 3. The van der Waals surface area contributed by atoms with Crippen LogP contribution in [0, 0.1) is 11.3 Å². The van der Waals surface area contributed by atoms with Crippen molar-refractivity contribution in [1.82, 2.24) is 15.3 Å². The molecule has 8 heteroatoms. The summed E-state index contributed by atoms with van der Waals surface area (Å²) >= 11 is 0. The lowest BCUT2D eigenvalue weighted by Gasteiger charge is -2.06. The van der Waals surface area contributed by atoms with Crippen molar-refractivity contribution in [1.29, 1.82) is 5.26 Å². The Morgan fingerprint density at radius 3 is 2.93 bits per heavy atom. The quantitative estimate of drug-likeness (QED) is 0.616. The Kier molecular flexibility index (Phi) is 5.74.